The molecule has 1 aromatic heterocycles. The lowest BCUT2D eigenvalue weighted by Gasteiger charge is -2.24. The Bertz CT molecular complexity index is 757. The maximum atomic E-state index is 6.26. The van der Waals surface area contributed by atoms with E-state index in [1.54, 1.807) is 23.5 Å². The highest BCUT2D eigenvalue weighted by atomic mass is 35.5. The van der Waals surface area contributed by atoms with Crippen molar-refractivity contribution in [2.45, 2.75) is 13.0 Å². The molecule has 0 saturated heterocycles. The normalized spacial score (nSPS) is 13.9. The first-order valence-electron chi connectivity index (χ1n) is 7.63. The Labute approximate surface area is 155 Å². The summed E-state index contributed by atoms with van der Waals surface area (Å²) in [6.45, 7) is 2.04. The van der Waals surface area contributed by atoms with Crippen molar-refractivity contribution in [1.82, 2.24) is 4.90 Å². The van der Waals surface area contributed by atoms with Crippen LogP contribution in [0.4, 0.5) is 5.69 Å². The highest BCUT2D eigenvalue weighted by molar-refractivity contribution is 7.09. The van der Waals surface area contributed by atoms with Crippen molar-refractivity contribution in [1.29, 1.82) is 0 Å². The second kappa shape index (κ2) is 7.97. The molecule has 0 spiro atoms. The molecule has 0 aliphatic carbocycles. The molecule has 0 radical (unpaired) electrons. The fourth-order valence-corrected chi connectivity index (χ4v) is 3.61. The van der Waals surface area contributed by atoms with E-state index in [4.69, 9.17) is 33.7 Å². The number of halogens is 2. The molecule has 2 aromatic rings. The lowest BCUT2D eigenvalue weighted by Crippen LogP contribution is -2.20. The Morgan fingerprint density at radius 3 is 2.83 bits per heavy atom. The maximum absolute atomic E-state index is 6.26. The van der Waals surface area contributed by atoms with Crippen molar-refractivity contribution in [3.63, 3.8) is 0 Å². The minimum absolute atomic E-state index is 0.526. The standard InChI is InChI=1S/C18H18Cl2N2OS/c19-16-3-4-17(21)18(20)15(16)12-22-8-5-13(6-9-22)23-10-7-14-2-1-11-24-14/h1-6,8,11H,7,9-10,12,21H2. The number of benzene rings is 1. The molecule has 24 heavy (non-hydrogen) atoms. The van der Waals surface area contributed by atoms with Gasteiger partial charge in [0, 0.05) is 41.2 Å². The summed E-state index contributed by atoms with van der Waals surface area (Å²) < 4.78 is 5.80. The lowest BCUT2D eigenvalue weighted by molar-refractivity contribution is 0.221. The summed E-state index contributed by atoms with van der Waals surface area (Å²) in [5.41, 5.74) is 7.25. The zero-order valence-corrected chi connectivity index (χ0v) is 15.4. The van der Waals surface area contributed by atoms with E-state index in [2.05, 4.69) is 28.5 Å². The predicted molar refractivity (Wildman–Crippen MR) is 102 cm³/mol. The van der Waals surface area contributed by atoms with Gasteiger partial charge in [0.2, 0.25) is 0 Å². The quantitative estimate of drug-likeness (QED) is 0.707. The highest BCUT2D eigenvalue weighted by Gasteiger charge is 2.13. The molecule has 3 rings (SSSR count). The molecule has 0 bridgehead atoms. The number of anilines is 1. The van der Waals surface area contributed by atoms with E-state index in [1.807, 2.05) is 12.3 Å². The third kappa shape index (κ3) is 4.26. The van der Waals surface area contributed by atoms with Crippen LogP contribution < -0.4 is 5.73 Å². The van der Waals surface area contributed by atoms with Gasteiger partial charge in [-0.25, -0.2) is 0 Å². The van der Waals surface area contributed by atoms with Crippen LogP contribution in [0.5, 0.6) is 0 Å². The molecule has 0 fully saturated rings. The second-order valence-electron chi connectivity index (χ2n) is 5.46. The average Bonchev–Trinajstić information content (AvgIpc) is 3.10. The van der Waals surface area contributed by atoms with Crippen molar-refractivity contribution in [3.05, 3.63) is 74.2 Å². The fourth-order valence-electron chi connectivity index (χ4n) is 2.43. The molecule has 2 heterocycles. The summed E-state index contributed by atoms with van der Waals surface area (Å²) >= 11 is 14.3. The lowest BCUT2D eigenvalue weighted by atomic mass is 10.1. The van der Waals surface area contributed by atoms with Crippen molar-refractivity contribution >= 4 is 40.2 Å². The van der Waals surface area contributed by atoms with Crippen molar-refractivity contribution in [3.8, 4) is 0 Å². The Balaban J connectivity index is 1.52. The topological polar surface area (TPSA) is 38.5 Å². The molecule has 0 atom stereocenters. The van der Waals surface area contributed by atoms with Gasteiger partial charge in [-0.3, -0.25) is 0 Å². The summed E-state index contributed by atoms with van der Waals surface area (Å²) in [6.07, 6.45) is 6.95. The molecule has 6 heteroatoms. The molecule has 1 aliphatic heterocycles. The van der Waals surface area contributed by atoms with Crippen molar-refractivity contribution in [2.75, 3.05) is 18.9 Å². The number of nitrogen functional groups attached to an aromatic ring is 1. The van der Waals surface area contributed by atoms with E-state index in [0.29, 0.717) is 28.9 Å². The van der Waals surface area contributed by atoms with Gasteiger partial charge in [-0.15, -0.1) is 11.3 Å². The Morgan fingerprint density at radius 1 is 1.25 bits per heavy atom. The number of rotatable bonds is 6. The van der Waals surface area contributed by atoms with Gasteiger partial charge in [0.1, 0.15) is 5.76 Å². The van der Waals surface area contributed by atoms with E-state index in [-0.39, 0.29) is 0 Å². The zero-order valence-electron chi connectivity index (χ0n) is 13.0. The average molecular weight is 381 g/mol. The molecule has 2 N–H and O–H groups in total. The molecule has 1 aliphatic rings. The SMILES string of the molecule is Nc1ccc(Cl)c(CN2C=CC(OCCc3cccs3)=CC2)c1Cl. The predicted octanol–water partition coefficient (Wildman–Crippen LogP) is 5.11. The second-order valence-corrected chi connectivity index (χ2v) is 7.28. The molecule has 3 nitrogen and oxygen atoms in total. The van der Waals surface area contributed by atoms with Gasteiger partial charge in [-0.1, -0.05) is 29.3 Å². The van der Waals surface area contributed by atoms with Crippen LogP contribution in [-0.2, 0) is 17.7 Å². The Morgan fingerprint density at radius 2 is 2.12 bits per heavy atom. The maximum Gasteiger partial charge on any atom is 0.118 e. The van der Waals surface area contributed by atoms with E-state index >= 15 is 0 Å². The first-order valence-corrected chi connectivity index (χ1v) is 9.27. The fraction of sp³-hybridized carbons (Fsp3) is 0.222. The third-order valence-electron chi connectivity index (χ3n) is 3.75. The van der Waals surface area contributed by atoms with Crippen molar-refractivity contribution < 1.29 is 4.74 Å². The van der Waals surface area contributed by atoms with E-state index in [1.165, 1.54) is 4.88 Å². The number of hydrogen-bond donors (Lipinski definition) is 1. The van der Waals surface area contributed by atoms with Crippen LogP contribution >= 0.6 is 34.5 Å². The number of thiophene rings is 1. The summed E-state index contributed by atoms with van der Waals surface area (Å²) in [5.74, 6) is 0.896. The van der Waals surface area contributed by atoms with Gasteiger partial charge >= 0.3 is 0 Å². The van der Waals surface area contributed by atoms with Crippen LogP contribution in [0.2, 0.25) is 10.0 Å². The number of nitrogens with two attached hydrogens (primary N) is 1. The minimum atomic E-state index is 0.526. The molecule has 1 aromatic carbocycles. The number of allylic oxidation sites excluding steroid dienone is 1. The van der Waals surface area contributed by atoms with Crippen LogP contribution in [0.3, 0.4) is 0 Å². The van der Waals surface area contributed by atoms with Gasteiger partial charge in [-0.2, -0.15) is 0 Å². The number of nitrogens with zero attached hydrogens (tertiary/aromatic N) is 1. The number of hydrogen-bond acceptors (Lipinski definition) is 4. The first-order chi connectivity index (χ1) is 11.6. The molecule has 0 amide bonds. The Hall–Kier alpha value is -1.62. The van der Waals surface area contributed by atoms with Crippen LogP contribution in [0, 0.1) is 0 Å². The minimum Gasteiger partial charge on any atom is -0.493 e. The summed E-state index contributed by atoms with van der Waals surface area (Å²) in [6, 6.07) is 7.69. The highest BCUT2D eigenvalue weighted by Crippen LogP contribution is 2.31. The van der Waals surface area contributed by atoms with E-state index < -0.39 is 0 Å². The summed E-state index contributed by atoms with van der Waals surface area (Å²) in [5, 5.41) is 3.24. The molecule has 0 saturated carbocycles. The largest absolute Gasteiger partial charge is 0.493 e. The van der Waals surface area contributed by atoms with Crippen molar-refractivity contribution in [2.24, 2.45) is 0 Å². The monoisotopic (exact) mass is 380 g/mol. The summed E-state index contributed by atoms with van der Waals surface area (Å²) in [4.78, 5) is 3.45. The molecule has 126 valence electrons. The molecular weight excluding hydrogens is 363 g/mol. The molecule has 0 unspecified atom stereocenters. The summed E-state index contributed by atoms with van der Waals surface area (Å²) in [7, 11) is 0. The van der Waals surface area contributed by atoms with Gasteiger partial charge < -0.3 is 15.4 Å². The van der Waals surface area contributed by atoms with Gasteiger partial charge in [-0.05, 0) is 35.7 Å². The first kappa shape index (κ1) is 17.2. The van der Waals surface area contributed by atoms with E-state index in [0.717, 1.165) is 24.3 Å². The zero-order chi connectivity index (χ0) is 16.9. The third-order valence-corrected chi connectivity index (χ3v) is 5.49. The van der Waals surface area contributed by atoms with Gasteiger partial charge in [0.25, 0.3) is 0 Å². The molecular formula is C18H18Cl2N2OS. The van der Waals surface area contributed by atoms with Crippen LogP contribution in [0.15, 0.2) is 53.8 Å². The van der Waals surface area contributed by atoms with Crippen LogP contribution in [-0.4, -0.2) is 18.1 Å². The van der Waals surface area contributed by atoms with Gasteiger partial charge in [0.05, 0.1) is 17.3 Å². The van der Waals surface area contributed by atoms with E-state index in [9.17, 15) is 0 Å². The van der Waals surface area contributed by atoms with Crippen LogP contribution in [0.25, 0.3) is 0 Å². The Kier molecular flexibility index (Phi) is 5.72. The van der Waals surface area contributed by atoms with Gasteiger partial charge in [0.15, 0.2) is 0 Å². The van der Waals surface area contributed by atoms with Crippen LogP contribution in [0.1, 0.15) is 10.4 Å². The smallest absolute Gasteiger partial charge is 0.118 e. The number of ether oxygens (including phenoxy) is 1.